The molecule has 6 heteroatoms. The first-order valence-corrected chi connectivity index (χ1v) is 12.4. The van der Waals surface area contributed by atoms with E-state index >= 15 is 0 Å². The van der Waals surface area contributed by atoms with Gasteiger partial charge in [0, 0.05) is 11.3 Å². The SMILES string of the molecule is CS(=O)(=O)OC[C@]12[C@@H]3[C@@H]4CC[C@@H]5[C@@H]4[C@@H]4[C@@H]3[C@H]3[C@H]([C@H]6C=CC(=O)[C@@H]6[C@@H]31)[C@@H]4[C@]52O. The lowest BCUT2D eigenvalue weighted by atomic mass is 9.47. The van der Waals surface area contributed by atoms with Crippen LogP contribution in [0.25, 0.3) is 0 Å². The van der Waals surface area contributed by atoms with E-state index in [1.165, 1.54) is 6.42 Å². The Balaban J connectivity index is 1.42. The first-order chi connectivity index (χ1) is 12.8. The molecule has 0 aromatic rings. The standard InChI is InChI=1S/C21H24O5S/c1-27(24,25)26-6-20-17-8-2-4-9-11(8)14-16(17)15-13(19(14)21(9,20)23)7-3-5-10(22)12(7)18(15)20/h3,5,7-9,11-19,23H,2,4,6H2,1H3/t7-,8+,9+,11+,12+,13-,14+,15+,16+,17+,18-,19-,20-,21+/m0/s1. The van der Waals surface area contributed by atoms with E-state index in [1.807, 2.05) is 0 Å². The maximum Gasteiger partial charge on any atom is 0.264 e. The first-order valence-electron chi connectivity index (χ1n) is 10.6. The van der Waals surface area contributed by atoms with Crippen molar-refractivity contribution in [3.05, 3.63) is 12.2 Å². The highest BCUT2D eigenvalue weighted by atomic mass is 32.2. The molecule has 0 saturated heterocycles. The van der Waals surface area contributed by atoms with Crippen molar-refractivity contribution < 1.29 is 22.5 Å². The molecule has 0 amide bonds. The maximum atomic E-state index is 12.9. The van der Waals surface area contributed by atoms with Crippen LogP contribution >= 0.6 is 0 Å². The topological polar surface area (TPSA) is 80.7 Å². The van der Waals surface area contributed by atoms with E-state index in [-0.39, 0.29) is 36.1 Å². The van der Waals surface area contributed by atoms with Crippen molar-refractivity contribution in [1.82, 2.24) is 0 Å². The van der Waals surface area contributed by atoms with Crippen molar-refractivity contribution in [2.24, 2.45) is 76.4 Å². The summed E-state index contributed by atoms with van der Waals surface area (Å²) < 4.78 is 29.4. The molecule has 5 nitrogen and oxygen atoms in total. The van der Waals surface area contributed by atoms with Gasteiger partial charge in [0.2, 0.25) is 0 Å². The smallest absolute Gasteiger partial charge is 0.264 e. The number of carbonyl (C=O) groups is 1. The van der Waals surface area contributed by atoms with Gasteiger partial charge in [0.15, 0.2) is 5.78 Å². The van der Waals surface area contributed by atoms with Crippen LogP contribution in [0.2, 0.25) is 0 Å². The molecule has 9 bridgehead atoms. The van der Waals surface area contributed by atoms with Crippen LogP contribution in [0.4, 0.5) is 0 Å². The molecule has 9 aliphatic carbocycles. The number of aliphatic hydroxyl groups is 1. The number of hydrogen-bond donors (Lipinski definition) is 1. The Morgan fingerprint density at radius 2 is 1.85 bits per heavy atom. The summed E-state index contributed by atoms with van der Waals surface area (Å²) >= 11 is 0. The molecule has 0 aliphatic heterocycles. The summed E-state index contributed by atoms with van der Waals surface area (Å²) in [6.07, 6.45) is 7.26. The van der Waals surface area contributed by atoms with Gasteiger partial charge in [-0.25, -0.2) is 0 Å². The van der Waals surface area contributed by atoms with Crippen LogP contribution in [0, 0.1) is 76.4 Å². The Hall–Kier alpha value is -0.720. The van der Waals surface area contributed by atoms with E-state index in [0.717, 1.165) is 12.7 Å². The van der Waals surface area contributed by atoms with E-state index in [0.29, 0.717) is 47.3 Å². The molecular formula is C21H24O5S. The fraction of sp³-hybridized carbons (Fsp3) is 0.857. The molecule has 0 radical (unpaired) electrons. The second kappa shape index (κ2) is 3.84. The molecule has 1 N–H and O–H groups in total. The van der Waals surface area contributed by atoms with Gasteiger partial charge in [-0.15, -0.1) is 0 Å². The van der Waals surface area contributed by atoms with Crippen LogP contribution < -0.4 is 0 Å². The van der Waals surface area contributed by atoms with Crippen molar-refractivity contribution in [2.45, 2.75) is 18.4 Å². The Morgan fingerprint density at radius 3 is 2.63 bits per heavy atom. The number of allylic oxidation sites excluding steroid dienone is 2. The highest BCUT2D eigenvalue weighted by molar-refractivity contribution is 7.85. The lowest BCUT2D eigenvalue weighted by Gasteiger charge is -2.60. The molecule has 8 fully saturated rings. The fourth-order valence-corrected chi connectivity index (χ4v) is 12.2. The number of rotatable bonds is 3. The van der Waals surface area contributed by atoms with E-state index in [2.05, 4.69) is 6.08 Å². The van der Waals surface area contributed by atoms with Crippen LogP contribution in [-0.2, 0) is 19.1 Å². The number of hydrogen-bond acceptors (Lipinski definition) is 5. The van der Waals surface area contributed by atoms with Crippen molar-refractivity contribution >= 4 is 15.9 Å². The number of fused-ring (bicyclic) bond motifs is 1. The lowest BCUT2D eigenvalue weighted by Crippen LogP contribution is -2.67. The van der Waals surface area contributed by atoms with Gasteiger partial charge in [-0.3, -0.25) is 8.98 Å². The third-order valence-electron chi connectivity index (χ3n) is 11.2. The minimum absolute atomic E-state index is 0.0396. The van der Waals surface area contributed by atoms with E-state index in [4.69, 9.17) is 4.18 Å². The third-order valence-corrected chi connectivity index (χ3v) is 11.8. The molecule has 0 spiro atoms. The summed E-state index contributed by atoms with van der Waals surface area (Å²) in [7, 11) is -3.59. The van der Waals surface area contributed by atoms with E-state index in [9.17, 15) is 18.3 Å². The molecule has 0 aromatic carbocycles. The van der Waals surface area contributed by atoms with Crippen LogP contribution in [0.1, 0.15) is 12.8 Å². The van der Waals surface area contributed by atoms with Crippen molar-refractivity contribution in [1.29, 1.82) is 0 Å². The molecular weight excluding hydrogens is 364 g/mol. The van der Waals surface area contributed by atoms with Crippen LogP contribution in [0.15, 0.2) is 12.2 Å². The van der Waals surface area contributed by atoms with E-state index < -0.39 is 21.1 Å². The van der Waals surface area contributed by atoms with Gasteiger partial charge in [0.05, 0.1) is 18.5 Å². The zero-order valence-corrected chi connectivity index (χ0v) is 16.0. The van der Waals surface area contributed by atoms with E-state index in [1.54, 1.807) is 6.08 Å². The highest BCUT2D eigenvalue weighted by Gasteiger charge is 2.96. The maximum absolute atomic E-state index is 12.9. The predicted molar refractivity (Wildman–Crippen MR) is 93.4 cm³/mol. The molecule has 0 heterocycles. The molecule has 0 aromatic heterocycles. The highest BCUT2D eigenvalue weighted by Crippen LogP contribution is 2.95. The normalized spacial score (nSPS) is 69.6. The summed E-state index contributed by atoms with van der Waals surface area (Å²) in [5.41, 5.74) is -1.34. The van der Waals surface area contributed by atoms with Gasteiger partial charge in [-0.2, -0.15) is 8.42 Å². The average molecular weight is 388 g/mol. The van der Waals surface area contributed by atoms with Gasteiger partial charge < -0.3 is 5.11 Å². The Morgan fingerprint density at radius 1 is 1.11 bits per heavy atom. The van der Waals surface area contributed by atoms with Gasteiger partial charge in [-0.1, -0.05) is 6.08 Å². The third kappa shape index (κ3) is 1.15. The van der Waals surface area contributed by atoms with Crippen LogP contribution in [-0.4, -0.2) is 37.8 Å². The quantitative estimate of drug-likeness (QED) is 0.732. The lowest BCUT2D eigenvalue weighted by molar-refractivity contribution is -0.236. The fourth-order valence-electron chi connectivity index (χ4n) is 11.8. The molecule has 9 aliphatic rings. The monoisotopic (exact) mass is 388 g/mol. The number of ketones is 1. The molecule has 8 saturated carbocycles. The Labute approximate surface area is 158 Å². The summed E-state index contributed by atoms with van der Waals surface area (Å²) in [6.45, 7) is 0.0941. The van der Waals surface area contributed by atoms with Gasteiger partial charge in [-0.05, 0) is 84.0 Å². The minimum Gasteiger partial charge on any atom is -0.389 e. The second-order valence-corrected chi connectivity index (χ2v) is 12.7. The Kier molecular flexibility index (Phi) is 2.16. The number of carbonyl (C=O) groups excluding carboxylic acids is 1. The van der Waals surface area contributed by atoms with Crippen molar-refractivity contribution in [2.75, 3.05) is 12.9 Å². The van der Waals surface area contributed by atoms with Crippen molar-refractivity contribution in [3.8, 4) is 0 Å². The second-order valence-electron chi connectivity index (χ2n) is 11.0. The molecule has 14 atom stereocenters. The van der Waals surface area contributed by atoms with Crippen LogP contribution in [0.3, 0.4) is 0 Å². The summed E-state index contributed by atoms with van der Waals surface area (Å²) in [5.74, 6) is 4.90. The van der Waals surface area contributed by atoms with Crippen molar-refractivity contribution in [3.63, 3.8) is 0 Å². The van der Waals surface area contributed by atoms with Gasteiger partial charge in [0.25, 0.3) is 10.1 Å². The molecule has 27 heavy (non-hydrogen) atoms. The summed E-state index contributed by atoms with van der Waals surface area (Å²) in [6, 6.07) is 0. The Bertz CT molecular complexity index is 971. The largest absolute Gasteiger partial charge is 0.389 e. The first kappa shape index (κ1) is 15.2. The summed E-state index contributed by atoms with van der Waals surface area (Å²) in [4.78, 5) is 12.9. The molecule has 9 rings (SSSR count). The zero-order chi connectivity index (χ0) is 18.2. The molecule has 0 unspecified atom stereocenters. The average Bonchev–Trinajstić information content (AvgIpc) is 3.34. The van der Waals surface area contributed by atoms with Gasteiger partial charge in [0.1, 0.15) is 0 Å². The molecule has 144 valence electrons. The summed E-state index contributed by atoms with van der Waals surface area (Å²) in [5, 5.41) is 12.5. The van der Waals surface area contributed by atoms with Gasteiger partial charge >= 0.3 is 0 Å². The minimum atomic E-state index is -3.59. The zero-order valence-electron chi connectivity index (χ0n) is 15.2. The van der Waals surface area contributed by atoms with Crippen LogP contribution in [0.5, 0.6) is 0 Å². The predicted octanol–water partition coefficient (Wildman–Crippen LogP) is 1.09.